The van der Waals surface area contributed by atoms with Gasteiger partial charge in [-0.25, -0.2) is 4.79 Å². The van der Waals surface area contributed by atoms with Gasteiger partial charge >= 0.3 is 5.97 Å². The standard InChI is InChI=1S/C15H14ClNO5/c1-9-5-11(17-22-9)8-21-15(18)10-6-12(16)14-13(7-10)19-3-2-4-20-14/h5-7H,2-4,8H2,1H3. The highest BCUT2D eigenvalue weighted by Gasteiger charge is 2.19. The van der Waals surface area contributed by atoms with Crippen LogP contribution in [0.15, 0.2) is 22.7 Å². The van der Waals surface area contributed by atoms with Gasteiger partial charge in [0.1, 0.15) is 18.1 Å². The fourth-order valence-electron chi connectivity index (χ4n) is 2.06. The fraction of sp³-hybridized carbons (Fsp3) is 0.333. The number of rotatable bonds is 3. The van der Waals surface area contributed by atoms with Gasteiger partial charge in [-0.3, -0.25) is 0 Å². The minimum atomic E-state index is -0.516. The molecule has 1 aliphatic heterocycles. The molecule has 0 saturated carbocycles. The lowest BCUT2D eigenvalue weighted by Gasteiger charge is -2.11. The van der Waals surface area contributed by atoms with Crippen LogP contribution in [-0.2, 0) is 11.3 Å². The summed E-state index contributed by atoms with van der Waals surface area (Å²) in [5, 5.41) is 4.08. The van der Waals surface area contributed by atoms with Crippen molar-refractivity contribution < 1.29 is 23.5 Å². The van der Waals surface area contributed by atoms with Gasteiger partial charge in [0.15, 0.2) is 11.5 Å². The van der Waals surface area contributed by atoms with Crippen molar-refractivity contribution in [3.63, 3.8) is 0 Å². The first-order valence-electron chi connectivity index (χ1n) is 6.82. The Hall–Kier alpha value is -2.21. The van der Waals surface area contributed by atoms with E-state index in [1.165, 1.54) is 6.07 Å². The summed E-state index contributed by atoms with van der Waals surface area (Å²) in [7, 11) is 0. The lowest BCUT2D eigenvalue weighted by molar-refractivity contribution is 0.0463. The second kappa shape index (κ2) is 6.27. The summed E-state index contributed by atoms with van der Waals surface area (Å²) in [6.45, 7) is 2.84. The van der Waals surface area contributed by atoms with Crippen molar-refractivity contribution >= 4 is 17.6 Å². The number of hydrogen-bond donors (Lipinski definition) is 0. The van der Waals surface area contributed by atoms with E-state index < -0.39 is 5.97 Å². The number of carbonyl (C=O) groups is 1. The molecule has 0 saturated heterocycles. The molecule has 2 aromatic rings. The number of benzene rings is 1. The van der Waals surface area contributed by atoms with Crippen molar-refractivity contribution in [2.24, 2.45) is 0 Å². The van der Waals surface area contributed by atoms with Gasteiger partial charge in [0.05, 0.1) is 23.8 Å². The molecular weight excluding hydrogens is 310 g/mol. The molecule has 1 aromatic carbocycles. The number of esters is 1. The van der Waals surface area contributed by atoms with Gasteiger partial charge < -0.3 is 18.7 Å². The zero-order chi connectivity index (χ0) is 15.5. The SMILES string of the molecule is Cc1cc(COC(=O)c2cc(Cl)c3c(c2)OCCCO3)no1. The van der Waals surface area contributed by atoms with Crippen LogP contribution >= 0.6 is 11.6 Å². The quantitative estimate of drug-likeness (QED) is 0.808. The van der Waals surface area contributed by atoms with Crippen LogP contribution in [0, 0.1) is 6.92 Å². The zero-order valence-corrected chi connectivity index (χ0v) is 12.7. The van der Waals surface area contributed by atoms with Gasteiger partial charge in [-0.1, -0.05) is 16.8 Å². The van der Waals surface area contributed by atoms with Crippen molar-refractivity contribution in [1.29, 1.82) is 0 Å². The molecule has 7 heteroatoms. The first-order valence-corrected chi connectivity index (χ1v) is 7.20. The van der Waals surface area contributed by atoms with Crippen molar-refractivity contribution in [3.05, 3.63) is 40.2 Å². The molecule has 1 aromatic heterocycles. The maximum Gasteiger partial charge on any atom is 0.338 e. The average Bonchev–Trinajstić information content (AvgIpc) is 2.77. The molecule has 0 spiro atoms. The number of aryl methyl sites for hydroxylation is 1. The van der Waals surface area contributed by atoms with Crippen molar-refractivity contribution in [3.8, 4) is 11.5 Å². The Morgan fingerprint density at radius 2 is 2.14 bits per heavy atom. The van der Waals surface area contributed by atoms with Crippen molar-refractivity contribution in [2.75, 3.05) is 13.2 Å². The van der Waals surface area contributed by atoms with E-state index in [9.17, 15) is 4.79 Å². The van der Waals surface area contributed by atoms with Crippen LogP contribution in [0.3, 0.4) is 0 Å². The highest BCUT2D eigenvalue weighted by Crippen LogP contribution is 2.38. The molecule has 0 fully saturated rings. The number of aromatic nitrogens is 1. The Morgan fingerprint density at radius 1 is 1.32 bits per heavy atom. The predicted octanol–water partition coefficient (Wildman–Crippen LogP) is 3.15. The molecule has 22 heavy (non-hydrogen) atoms. The van der Waals surface area contributed by atoms with E-state index in [0.29, 0.717) is 46.8 Å². The van der Waals surface area contributed by atoms with E-state index in [4.69, 9.17) is 30.3 Å². The number of nitrogens with zero attached hydrogens (tertiary/aromatic N) is 1. The van der Waals surface area contributed by atoms with E-state index in [0.717, 1.165) is 6.42 Å². The lowest BCUT2D eigenvalue weighted by Crippen LogP contribution is -2.06. The topological polar surface area (TPSA) is 70.8 Å². The minimum Gasteiger partial charge on any atom is -0.489 e. The van der Waals surface area contributed by atoms with Crippen molar-refractivity contribution in [1.82, 2.24) is 5.16 Å². The highest BCUT2D eigenvalue weighted by molar-refractivity contribution is 6.32. The summed E-state index contributed by atoms with van der Waals surface area (Å²) in [5.74, 6) is 1.06. The highest BCUT2D eigenvalue weighted by atomic mass is 35.5. The van der Waals surface area contributed by atoms with E-state index in [1.807, 2.05) is 0 Å². The Labute approximate surface area is 131 Å². The van der Waals surface area contributed by atoms with Gasteiger partial charge in [-0.2, -0.15) is 0 Å². The Bertz CT molecular complexity index is 697. The molecule has 0 atom stereocenters. The van der Waals surface area contributed by atoms with Crippen molar-refractivity contribution in [2.45, 2.75) is 20.0 Å². The van der Waals surface area contributed by atoms with Gasteiger partial charge in [0, 0.05) is 12.5 Å². The summed E-state index contributed by atoms with van der Waals surface area (Å²) in [6, 6.07) is 4.78. The number of halogens is 1. The smallest absolute Gasteiger partial charge is 0.338 e. The Kier molecular flexibility index (Phi) is 4.20. The van der Waals surface area contributed by atoms with E-state index in [1.54, 1.807) is 19.1 Å². The molecule has 0 radical (unpaired) electrons. The third-order valence-electron chi connectivity index (χ3n) is 3.07. The first-order chi connectivity index (χ1) is 10.6. The summed E-state index contributed by atoms with van der Waals surface area (Å²) in [5.41, 5.74) is 0.848. The monoisotopic (exact) mass is 323 g/mol. The lowest BCUT2D eigenvalue weighted by atomic mass is 10.2. The third-order valence-corrected chi connectivity index (χ3v) is 3.35. The molecule has 0 N–H and O–H groups in total. The van der Waals surface area contributed by atoms with E-state index >= 15 is 0 Å². The zero-order valence-electron chi connectivity index (χ0n) is 11.9. The molecule has 6 nitrogen and oxygen atoms in total. The van der Waals surface area contributed by atoms with Gasteiger partial charge in [0.2, 0.25) is 0 Å². The number of ether oxygens (including phenoxy) is 3. The second-order valence-corrected chi connectivity index (χ2v) is 5.25. The predicted molar refractivity (Wildman–Crippen MR) is 77.4 cm³/mol. The van der Waals surface area contributed by atoms with E-state index in [-0.39, 0.29) is 6.61 Å². The maximum absolute atomic E-state index is 12.1. The van der Waals surface area contributed by atoms with Crippen LogP contribution in [0.4, 0.5) is 0 Å². The molecule has 0 bridgehead atoms. The molecule has 3 rings (SSSR count). The van der Waals surface area contributed by atoms with Crippen LogP contribution in [0.2, 0.25) is 5.02 Å². The minimum absolute atomic E-state index is 0.0300. The largest absolute Gasteiger partial charge is 0.489 e. The van der Waals surface area contributed by atoms with Crippen LogP contribution in [0.25, 0.3) is 0 Å². The van der Waals surface area contributed by atoms with Crippen LogP contribution < -0.4 is 9.47 Å². The second-order valence-electron chi connectivity index (χ2n) is 4.84. The molecule has 1 aliphatic rings. The molecular formula is C15H14ClNO5. The first kappa shape index (κ1) is 14.7. The normalized spacial score (nSPS) is 13.5. The average molecular weight is 324 g/mol. The number of carbonyl (C=O) groups excluding carboxylic acids is 1. The Morgan fingerprint density at radius 3 is 2.91 bits per heavy atom. The van der Waals surface area contributed by atoms with E-state index in [2.05, 4.69) is 5.16 Å². The summed E-state index contributed by atoms with van der Waals surface area (Å²) >= 11 is 6.14. The summed E-state index contributed by atoms with van der Waals surface area (Å²) in [6.07, 6.45) is 0.760. The fourth-order valence-corrected chi connectivity index (χ4v) is 2.32. The third kappa shape index (κ3) is 3.17. The van der Waals surface area contributed by atoms with Gasteiger partial charge in [0.25, 0.3) is 0 Å². The molecule has 0 amide bonds. The Balaban J connectivity index is 1.75. The van der Waals surface area contributed by atoms with Gasteiger partial charge in [-0.05, 0) is 19.1 Å². The van der Waals surface area contributed by atoms with Crippen LogP contribution in [0.5, 0.6) is 11.5 Å². The molecule has 116 valence electrons. The molecule has 0 unspecified atom stereocenters. The number of fused-ring (bicyclic) bond motifs is 1. The van der Waals surface area contributed by atoms with Gasteiger partial charge in [-0.15, -0.1) is 0 Å². The number of hydrogen-bond acceptors (Lipinski definition) is 6. The summed E-state index contributed by atoms with van der Waals surface area (Å²) < 4.78 is 21.2. The molecule has 2 heterocycles. The maximum atomic E-state index is 12.1. The molecule has 0 aliphatic carbocycles. The van der Waals surface area contributed by atoms with Crippen LogP contribution in [-0.4, -0.2) is 24.3 Å². The van der Waals surface area contributed by atoms with Crippen LogP contribution in [0.1, 0.15) is 28.2 Å². The summed E-state index contributed by atoms with van der Waals surface area (Å²) in [4.78, 5) is 12.1.